The van der Waals surface area contributed by atoms with Crippen molar-refractivity contribution in [2.24, 2.45) is 0 Å². The Labute approximate surface area is 164 Å². The molecule has 10 heteroatoms. The largest absolute Gasteiger partial charge is 0.497 e. The number of nitrogens with one attached hydrogen (secondary N) is 2. The van der Waals surface area contributed by atoms with Crippen molar-refractivity contribution >= 4 is 34.7 Å². The van der Waals surface area contributed by atoms with Crippen molar-refractivity contribution in [2.75, 3.05) is 19.5 Å². The van der Waals surface area contributed by atoms with Crippen molar-refractivity contribution in [1.29, 1.82) is 0 Å². The van der Waals surface area contributed by atoms with Gasteiger partial charge in [0.15, 0.2) is 5.82 Å². The number of methoxy groups -OCH3 is 1. The summed E-state index contributed by atoms with van der Waals surface area (Å²) in [6, 6.07) is 8.95. The smallest absolute Gasteiger partial charge is 0.251 e. The van der Waals surface area contributed by atoms with E-state index in [2.05, 4.69) is 25.7 Å². The van der Waals surface area contributed by atoms with Gasteiger partial charge in [-0.15, -0.1) is 5.10 Å². The third-order valence-electron chi connectivity index (χ3n) is 4.11. The molecule has 2 N–H and O–H groups in total. The molecule has 0 bridgehead atoms. The number of ether oxygens (including phenoxy) is 1. The van der Waals surface area contributed by atoms with Gasteiger partial charge in [0.2, 0.25) is 5.28 Å². The highest BCUT2D eigenvalue weighted by molar-refractivity contribution is 6.28. The van der Waals surface area contributed by atoms with Crippen LogP contribution in [0.5, 0.6) is 5.75 Å². The maximum atomic E-state index is 12.0. The molecule has 142 valence electrons. The molecule has 1 amide bonds. The molecular weight excluding hydrogens is 382 g/mol. The number of rotatable bonds is 5. The Bertz CT molecular complexity index is 1170. The molecule has 0 atom stereocenters. The Balaban J connectivity index is 1.68. The second kappa shape index (κ2) is 7.20. The molecule has 28 heavy (non-hydrogen) atoms. The standard InChI is InChI=1S/C18H16ClN7O2/c1-20-17(27)11-6-12(8-13(7-11)28-2)25-9-15(21-10-25)22-16-14-4-3-5-26(14)24-18(19)23-16/h3-10H,1-2H3,(H,20,27)(H,22,23,24). The summed E-state index contributed by atoms with van der Waals surface area (Å²) < 4.78 is 8.71. The molecule has 0 fully saturated rings. The molecule has 0 aliphatic carbocycles. The zero-order chi connectivity index (χ0) is 19.7. The average molecular weight is 398 g/mol. The first-order chi connectivity index (χ1) is 13.6. The summed E-state index contributed by atoms with van der Waals surface area (Å²) >= 11 is 5.98. The number of amides is 1. The highest BCUT2D eigenvalue weighted by Crippen LogP contribution is 2.23. The number of imidazole rings is 1. The second-order valence-corrected chi connectivity index (χ2v) is 6.20. The van der Waals surface area contributed by atoms with Crippen molar-refractivity contribution in [3.05, 3.63) is 59.9 Å². The maximum absolute atomic E-state index is 12.0. The van der Waals surface area contributed by atoms with Gasteiger partial charge in [-0.2, -0.15) is 4.98 Å². The Morgan fingerprint density at radius 1 is 1.29 bits per heavy atom. The zero-order valence-corrected chi connectivity index (χ0v) is 15.8. The number of carbonyl (C=O) groups is 1. The highest BCUT2D eigenvalue weighted by atomic mass is 35.5. The van der Waals surface area contributed by atoms with E-state index in [-0.39, 0.29) is 11.2 Å². The zero-order valence-electron chi connectivity index (χ0n) is 15.0. The minimum absolute atomic E-state index is 0.119. The molecule has 0 spiro atoms. The second-order valence-electron chi connectivity index (χ2n) is 5.86. The molecule has 0 saturated heterocycles. The van der Waals surface area contributed by atoms with E-state index in [1.165, 1.54) is 0 Å². The van der Waals surface area contributed by atoms with E-state index in [0.29, 0.717) is 22.9 Å². The van der Waals surface area contributed by atoms with Gasteiger partial charge in [0.05, 0.1) is 19.0 Å². The molecule has 3 heterocycles. The van der Waals surface area contributed by atoms with E-state index in [1.54, 1.807) is 54.1 Å². The summed E-state index contributed by atoms with van der Waals surface area (Å²) in [6.07, 6.45) is 5.18. The minimum Gasteiger partial charge on any atom is -0.497 e. The predicted molar refractivity (Wildman–Crippen MR) is 105 cm³/mol. The number of benzene rings is 1. The van der Waals surface area contributed by atoms with Crippen molar-refractivity contribution < 1.29 is 9.53 Å². The molecule has 0 aliphatic rings. The number of hydrogen-bond donors (Lipinski definition) is 2. The molecule has 4 aromatic rings. The van der Waals surface area contributed by atoms with Crippen molar-refractivity contribution in [2.45, 2.75) is 0 Å². The molecule has 4 rings (SSSR count). The quantitative estimate of drug-likeness (QED) is 0.537. The summed E-state index contributed by atoms with van der Waals surface area (Å²) in [6.45, 7) is 0. The molecule has 0 aliphatic heterocycles. The first-order valence-electron chi connectivity index (χ1n) is 8.31. The van der Waals surface area contributed by atoms with E-state index in [0.717, 1.165) is 11.2 Å². The van der Waals surface area contributed by atoms with Gasteiger partial charge in [-0.3, -0.25) is 4.79 Å². The minimum atomic E-state index is -0.204. The van der Waals surface area contributed by atoms with Gasteiger partial charge in [-0.05, 0) is 35.9 Å². The molecule has 0 radical (unpaired) electrons. The molecule has 1 aromatic carbocycles. The normalized spacial score (nSPS) is 10.8. The molecular formula is C18H16ClN7O2. The number of halogens is 1. The number of fused-ring (bicyclic) bond motifs is 1. The summed E-state index contributed by atoms with van der Waals surface area (Å²) in [5.41, 5.74) is 1.98. The van der Waals surface area contributed by atoms with E-state index < -0.39 is 0 Å². The van der Waals surface area contributed by atoms with Crippen LogP contribution >= 0.6 is 11.6 Å². The van der Waals surface area contributed by atoms with Crippen LogP contribution in [0.4, 0.5) is 11.6 Å². The Kier molecular flexibility index (Phi) is 4.58. The van der Waals surface area contributed by atoms with Gasteiger partial charge in [0, 0.05) is 24.9 Å². The van der Waals surface area contributed by atoms with Gasteiger partial charge in [-0.1, -0.05) is 0 Å². The van der Waals surface area contributed by atoms with E-state index >= 15 is 0 Å². The Morgan fingerprint density at radius 2 is 2.14 bits per heavy atom. The summed E-state index contributed by atoms with van der Waals surface area (Å²) in [7, 11) is 3.13. The first kappa shape index (κ1) is 17.8. The van der Waals surface area contributed by atoms with Crippen molar-refractivity contribution in [3.63, 3.8) is 0 Å². The van der Waals surface area contributed by atoms with Crippen LogP contribution in [0.1, 0.15) is 10.4 Å². The molecule has 3 aromatic heterocycles. The van der Waals surface area contributed by atoms with Crippen LogP contribution in [0.15, 0.2) is 49.1 Å². The molecule has 9 nitrogen and oxygen atoms in total. The molecule has 0 saturated carbocycles. The van der Waals surface area contributed by atoms with Crippen LogP contribution in [0, 0.1) is 0 Å². The van der Waals surface area contributed by atoms with Crippen molar-refractivity contribution in [3.8, 4) is 11.4 Å². The van der Waals surface area contributed by atoms with Gasteiger partial charge in [0.25, 0.3) is 5.91 Å². The van der Waals surface area contributed by atoms with Crippen LogP contribution in [-0.2, 0) is 0 Å². The van der Waals surface area contributed by atoms with Gasteiger partial charge in [-0.25, -0.2) is 9.50 Å². The monoisotopic (exact) mass is 397 g/mol. The number of carbonyl (C=O) groups excluding carboxylic acids is 1. The van der Waals surface area contributed by atoms with E-state index in [4.69, 9.17) is 16.3 Å². The number of aromatic nitrogens is 5. The number of hydrogen-bond acceptors (Lipinski definition) is 6. The first-order valence-corrected chi connectivity index (χ1v) is 8.68. The molecule has 0 unspecified atom stereocenters. The van der Waals surface area contributed by atoms with Gasteiger partial charge >= 0.3 is 0 Å². The summed E-state index contributed by atoms with van der Waals surface area (Å²) in [5.74, 6) is 1.45. The van der Waals surface area contributed by atoms with E-state index in [1.807, 2.05) is 18.2 Å². The Morgan fingerprint density at radius 3 is 2.93 bits per heavy atom. The summed E-state index contributed by atoms with van der Waals surface area (Å²) in [5, 5.41) is 9.97. The fourth-order valence-electron chi connectivity index (χ4n) is 2.78. The van der Waals surface area contributed by atoms with Crippen LogP contribution < -0.4 is 15.4 Å². The van der Waals surface area contributed by atoms with Crippen LogP contribution in [0.2, 0.25) is 5.28 Å². The lowest BCUT2D eigenvalue weighted by Gasteiger charge is -2.09. The fraction of sp³-hybridized carbons (Fsp3) is 0.111. The highest BCUT2D eigenvalue weighted by Gasteiger charge is 2.11. The number of anilines is 2. The predicted octanol–water partition coefficient (Wildman–Crippen LogP) is 2.68. The van der Waals surface area contributed by atoms with Gasteiger partial charge < -0.3 is 19.9 Å². The lowest BCUT2D eigenvalue weighted by molar-refractivity contribution is 0.0962. The van der Waals surface area contributed by atoms with Gasteiger partial charge in [0.1, 0.15) is 23.4 Å². The Hall–Kier alpha value is -3.59. The van der Waals surface area contributed by atoms with Crippen molar-refractivity contribution in [1.82, 2.24) is 29.5 Å². The van der Waals surface area contributed by atoms with Crippen LogP contribution in [0.25, 0.3) is 11.2 Å². The maximum Gasteiger partial charge on any atom is 0.251 e. The summed E-state index contributed by atoms with van der Waals surface area (Å²) in [4.78, 5) is 20.6. The topological polar surface area (TPSA) is 98.4 Å². The lowest BCUT2D eigenvalue weighted by atomic mass is 10.1. The number of nitrogens with zero attached hydrogens (tertiary/aromatic N) is 5. The lowest BCUT2D eigenvalue weighted by Crippen LogP contribution is -2.18. The van der Waals surface area contributed by atoms with Crippen LogP contribution in [-0.4, -0.2) is 44.2 Å². The third-order valence-corrected chi connectivity index (χ3v) is 4.27. The van der Waals surface area contributed by atoms with E-state index in [9.17, 15) is 4.79 Å². The van der Waals surface area contributed by atoms with Crippen LogP contribution in [0.3, 0.4) is 0 Å². The third kappa shape index (κ3) is 3.35. The fourth-order valence-corrected chi connectivity index (χ4v) is 2.94. The SMILES string of the molecule is CNC(=O)c1cc(OC)cc(-n2cnc(Nc3nc(Cl)nn4cccc34)c2)c1. The average Bonchev–Trinajstić information content (AvgIpc) is 3.36.